The summed E-state index contributed by atoms with van der Waals surface area (Å²) in [5.74, 6) is 6.85. The molecule has 0 atom stereocenters. The molecule has 3 rings (SSSR count). The average Bonchev–Trinajstić information content (AvgIpc) is 2.53. The Labute approximate surface area is 118 Å². The second-order valence-electron chi connectivity index (χ2n) is 4.29. The van der Waals surface area contributed by atoms with Crippen molar-refractivity contribution in [3.8, 4) is 17.6 Å². The van der Waals surface area contributed by atoms with E-state index < -0.39 is 0 Å². The predicted octanol–water partition coefficient (Wildman–Crippen LogP) is 3.67. The highest BCUT2D eigenvalue weighted by Gasteiger charge is 2.00. The number of pyridine rings is 1. The number of hydrogen-bond donors (Lipinski definition) is 0. The molecular weight excluding hydrogens is 246 g/mol. The van der Waals surface area contributed by atoms with Crippen LogP contribution in [0.3, 0.4) is 0 Å². The van der Waals surface area contributed by atoms with Crippen molar-refractivity contribution in [3.05, 3.63) is 72.4 Å². The van der Waals surface area contributed by atoms with Gasteiger partial charge in [0.25, 0.3) is 0 Å². The van der Waals surface area contributed by atoms with Crippen molar-refractivity contribution < 1.29 is 4.74 Å². The van der Waals surface area contributed by atoms with Gasteiger partial charge in [0, 0.05) is 17.1 Å². The van der Waals surface area contributed by atoms with Gasteiger partial charge in [-0.1, -0.05) is 48.2 Å². The summed E-state index contributed by atoms with van der Waals surface area (Å²) in [5, 5.41) is 1.07. The van der Waals surface area contributed by atoms with Crippen molar-refractivity contribution in [3.63, 3.8) is 0 Å². The van der Waals surface area contributed by atoms with E-state index in [1.165, 1.54) is 0 Å². The van der Waals surface area contributed by atoms with Crippen LogP contribution >= 0.6 is 0 Å². The topological polar surface area (TPSA) is 22.1 Å². The third-order valence-corrected chi connectivity index (χ3v) is 2.90. The fourth-order valence-electron chi connectivity index (χ4n) is 1.97. The maximum Gasteiger partial charge on any atom is 0.149 e. The summed E-state index contributed by atoms with van der Waals surface area (Å²) in [6.07, 6.45) is 1.77. The van der Waals surface area contributed by atoms with Gasteiger partial charge in [-0.25, -0.2) is 0 Å². The first-order valence-corrected chi connectivity index (χ1v) is 6.44. The maximum atomic E-state index is 5.70. The summed E-state index contributed by atoms with van der Waals surface area (Å²) in [5.41, 5.74) is 1.86. The molecule has 0 saturated heterocycles. The van der Waals surface area contributed by atoms with E-state index in [9.17, 15) is 0 Å². The molecule has 0 aliphatic rings. The minimum absolute atomic E-state index is 0.352. The molecular formula is C18H13NO. The molecule has 0 bridgehead atoms. The number of hydrogen-bond acceptors (Lipinski definition) is 2. The highest BCUT2D eigenvalue weighted by atomic mass is 16.5. The van der Waals surface area contributed by atoms with Gasteiger partial charge in [0.2, 0.25) is 0 Å². The lowest BCUT2D eigenvalue weighted by molar-refractivity contribution is 0.374. The molecule has 1 heterocycles. The monoisotopic (exact) mass is 259 g/mol. The standard InChI is InChI=1S/C18H13NO/c1-2-7-15(8-3-1)9-6-14-20-17-12-4-10-16-11-5-13-19-18(16)17/h1-5,7-8,10-13H,14H2. The van der Waals surface area contributed by atoms with Crippen molar-refractivity contribution in [1.82, 2.24) is 4.98 Å². The predicted molar refractivity (Wildman–Crippen MR) is 80.6 cm³/mol. The highest BCUT2D eigenvalue weighted by Crippen LogP contribution is 2.22. The third-order valence-electron chi connectivity index (χ3n) is 2.90. The molecule has 0 fully saturated rings. The van der Waals surface area contributed by atoms with Gasteiger partial charge < -0.3 is 4.74 Å². The molecule has 96 valence electrons. The quantitative estimate of drug-likeness (QED) is 0.655. The van der Waals surface area contributed by atoms with E-state index in [2.05, 4.69) is 16.8 Å². The fourth-order valence-corrected chi connectivity index (χ4v) is 1.97. The van der Waals surface area contributed by atoms with Crippen LogP contribution in [-0.4, -0.2) is 11.6 Å². The Morgan fingerprint density at radius 1 is 0.900 bits per heavy atom. The number of benzene rings is 2. The van der Waals surface area contributed by atoms with Gasteiger partial charge in [-0.2, -0.15) is 0 Å². The van der Waals surface area contributed by atoms with Crippen LogP contribution in [0.1, 0.15) is 5.56 Å². The van der Waals surface area contributed by atoms with Gasteiger partial charge >= 0.3 is 0 Å². The minimum atomic E-state index is 0.352. The Morgan fingerprint density at radius 2 is 1.75 bits per heavy atom. The van der Waals surface area contributed by atoms with Gasteiger partial charge in [-0.15, -0.1) is 0 Å². The normalized spacial score (nSPS) is 9.80. The van der Waals surface area contributed by atoms with Crippen LogP contribution in [-0.2, 0) is 0 Å². The summed E-state index contributed by atoms with van der Waals surface area (Å²) in [7, 11) is 0. The third kappa shape index (κ3) is 2.78. The zero-order chi connectivity index (χ0) is 13.6. The number of aromatic nitrogens is 1. The summed E-state index contributed by atoms with van der Waals surface area (Å²) in [4.78, 5) is 4.34. The van der Waals surface area contributed by atoms with Gasteiger partial charge in [0.15, 0.2) is 0 Å². The van der Waals surface area contributed by atoms with Crippen LogP contribution in [0, 0.1) is 11.8 Å². The number of ether oxygens (including phenoxy) is 1. The Morgan fingerprint density at radius 3 is 2.65 bits per heavy atom. The second-order valence-corrected chi connectivity index (χ2v) is 4.29. The van der Waals surface area contributed by atoms with Crippen molar-refractivity contribution in [2.24, 2.45) is 0 Å². The molecule has 0 unspecified atom stereocenters. The van der Waals surface area contributed by atoms with Crippen LogP contribution < -0.4 is 4.74 Å². The molecule has 0 spiro atoms. The lowest BCUT2D eigenvalue weighted by Gasteiger charge is -2.05. The molecule has 0 saturated carbocycles. The van der Waals surface area contributed by atoms with Crippen LogP contribution in [0.4, 0.5) is 0 Å². The van der Waals surface area contributed by atoms with E-state index in [4.69, 9.17) is 4.74 Å². The van der Waals surface area contributed by atoms with E-state index >= 15 is 0 Å². The van der Waals surface area contributed by atoms with Crippen LogP contribution in [0.5, 0.6) is 5.75 Å². The van der Waals surface area contributed by atoms with Crippen molar-refractivity contribution in [1.29, 1.82) is 0 Å². The van der Waals surface area contributed by atoms with Gasteiger partial charge in [-0.05, 0) is 24.3 Å². The Kier molecular flexibility index (Phi) is 3.62. The zero-order valence-corrected chi connectivity index (χ0v) is 10.9. The molecule has 20 heavy (non-hydrogen) atoms. The molecule has 2 nitrogen and oxygen atoms in total. The summed E-state index contributed by atoms with van der Waals surface area (Å²) >= 11 is 0. The molecule has 0 aliphatic heterocycles. The molecule has 0 radical (unpaired) electrons. The van der Waals surface area contributed by atoms with Crippen molar-refractivity contribution >= 4 is 10.9 Å². The van der Waals surface area contributed by atoms with Crippen LogP contribution in [0.2, 0.25) is 0 Å². The van der Waals surface area contributed by atoms with Gasteiger partial charge in [0.1, 0.15) is 17.9 Å². The van der Waals surface area contributed by atoms with E-state index in [0.29, 0.717) is 6.61 Å². The van der Waals surface area contributed by atoms with Gasteiger partial charge in [-0.3, -0.25) is 4.98 Å². The largest absolute Gasteiger partial charge is 0.479 e. The van der Waals surface area contributed by atoms with Crippen molar-refractivity contribution in [2.75, 3.05) is 6.61 Å². The van der Waals surface area contributed by atoms with Gasteiger partial charge in [0.05, 0.1) is 0 Å². The molecule has 2 aromatic carbocycles. The summed E-state index contributed by atoms with van der Waals surface area (Å²) in [6.45, 7) is 0.352. The zero-order valence-electron chi connectivity index (χ0n) is 10.9. The fraction of sp³-hybridized carbons (Fsp3) is 0.0556. The summed E-state index contributed by atoms with van der Waals surface area (Å²) in [6, 6.07) is 19.7. The molecule has 0 amide bonds. The number of para-hydroxylation sites is 1. The van der Waals surface area contributed by atoms with E-state index in [1.807, 2.05) is 60.7 Å². The van der Waals surface area contributed by atoms with Crippen LogP contribution in [0.15, 0.2) is 66.9 Å². The molecule has 1 aromatic heterocycles. The molecule has 0 aliphatic carbocycles. The number of fused-ring (bicyclic) bond motifs is 1. The second kappa shape index (κ2) is 5.90. The molecule has 3 aromatic rings. The first-order chi connectivity index (χ1) is 9.93. The summed E-state index contributed by atoms with van der Waals surface area (Å²) < 4.78 is 5.70. The Hall–Kier alpha value is -2.79. The minimum Gasteiger partial charge on any atom is -0.479 e. The Bertz CT molecular complexity index is 764. The van der Waals surface area contributed by atoms with Crippen LogP contribution in [0.25, 0.3) is 10.9 Å². The number of nitrogens with zero attached hydrogens (tertiary/aromatic N) is 1. The SMILES string of the molecule is C(#Cc1ccccc1)COc1cccc2cccnc12. The van der Waals surface area contributed by atoms with Crippen molar-refractivity contribution in [2.45, 2.75) is 0 Å². The van der Waals surface area contributed by atoms with E-state index in [-0.39, 0.29) is 0 Å². The molecule has 0 N–H and O–H groups in total. The first kappa shape index (κ1) is 12.3. The first-order valence-electron chi connectivity index (χ1n) is 6.44. The number of rotatable bonds is 2. The average molecular weight is 259 g/mol. The van der Waals surface area contributed by atoms with E-state index in [1.54, 1.807) is 6.20 Å². The lowest BCUT2D eigenvalue weighted by atomic mass is 10.2. The Balaban J connectivity index is 1.74. The highest BCUT2D eigenvalue weighted by molar-refractivity contribution is 5.84. The maximum absolute atomic E-state index is 5.70. The molecule has 2 heteroatoms. The van der Waals surface area contributed by atoms with E-state index in [0.717, 1.165) is 22.2 Å². The lowest BCUT2D eigenvalue weighted by Crippen LogP contribution is -1.95. The smallest absolute Gasteiger partial charge is 0.149 e.